The van der Waals surface area contributed by atoms with Crippen LogP contribution in [-0.2, 0) is 12.8 Å². The zero-order valence-corrected chi connectivity index (χ0v) is 15.0. The van der Waals surface area contributed by atoms with Gasteiger partial charge in [-0.25, -0.2) is 4.79 Å². The smallest absolute Gasteiger partial charge is 0.319 e. The molecule has 5 heteroatoms. The zero-order chi connectivity index (χ0) is 17.9. The van der Waals surface area contributed by atoms with E-state index in [2.05, 4.69) is 35.8 Å². The summed E-state index contributed by atoms with van der Waals surface area (Å²) >= 11 is 0. The van der Waals surface area contributed by atoms with E-state index in [1.807, 2.05) is 6.07 Å². The molecule has 5 nitrogen and oxygen atoms in total. The van der Waals surface area contributed by atoms with Gasteiger partial charge in [0, 0.05) is 11.8 Å². The van der Waals surface area contributed by atoms with E-state index in [1.54, 1.807) is 12.1 Å². The molecule has 4 rings (SSSR count). The predicted octanol–water partition coefficient (Wildman–Crippen LogP) is 4.57. The van der Waals surface area contributed by atoms with Crippen molar-refractivity contribution in [2.24, 2.45) is 0 Å². The van der Waals surface area contributed by atoms with Crippen molar-refractivity contribution in [1.82, 2.24) is 5.32 Å². The molecule has 2 amide bonds. The lowest BCUT2D eigenvalue weighted by Gasteiger charge is -2.22. The zero-order valence-electron chi connectivity index (χ0n) is 15.0. The fourth-order valence-corrected chi connectivity index (χ4v) is 3.69. The van der Waals surface area contributed by atoms with E-state index in [0.717, 1.165) is 12.8 Å². The number of carbonyl (C=O) groups is 1. The molecule has 1 aliphatic carbocycles. The van der Waals surface area contributed by atoms with Gasteiger partial charge in [-0.2, -0.15) is 0 Å². The molecule has 2 aliphatic rings. The summed E-state index contributed by atoms with van der Waals surface area (Å²) in [6.07, 6.45) is 5.69. The average Bonchev–Trinajstić information content (AvgIpc) is 3.13. The second kappa shape index (κ2) is 7.28. The standard InChI is InChI=1S/C21H24N2O3/c1-2-18(16-8-7-14-5-3-4-6-15(14)11-16)23-21(24)22-17-9-10-19-20(12-17)26-13-25-19/h7-12,18H,2-6,13H2,1H3,(H2,22,23,24). The first-order valence-corrected chi connectivity index (χ1v) is 9.32. The number of hydrogen-bond donors (Lipinski definition) is 2. The first-order valence-electron chi connectivity index (χ1n) is 9.32. The molecule has 26 heavy (non-hydrogen) atoms. The van der Waals surface area contributed by atoms with E-state index >= 15 is 0 Å². The molecular formula is C21H24N2O3. The first-order chi connectivity index (χ1) is 12.7. The summed E-state index contributed by atoms with van der Waals surface area (Å²) in [5.41, 5.74) is 4.76. The maximum Gasteiger partial charge on any atom is 0.319 e. The molecule has 1 atom stereocenters. The molecule has 2 aromatic carbocycles. The van der Waals surface area contributed by atoms with Gasteiger partial charge < -0.3 is 20.1 Å². The molecular weight excluding hydrogens is 328 g/mol. The van der Waals surface area contributed by atoms with Crippen LogP contribution < -0.4 is 20.1 Å². The number of amides is 2. The molecule has 2 N–H and O–H groups in total. The maximum atomic E-state index is 12.4. The van der Waals surface area contributed by atoms with Gasteiger partial charge in [0.25, 0.3) is 0 Å². The van der Waals surface area contributed by atoms with Crippen LogP contribution in [-0.4, -0.2) is 12.8 Å². The van der Waals surface area contributed by atoms with E-state index in [1.165, 1.54) is 36.0 Å². The number of carbonyl (C=O) groups excluding carboxylic acids is 1. The van der Waals surface area contributed by atoms with Crippen molar-refractivity contribution in [2.45, 2.75) is 45.1 Å². The van der Waals surface area contributed by atoms with Gasteiger partial charge in [-0.1, -0.05) is 25.1 Å². The summed E-state index contributed by atoms with van der Waals surface area (Å²) in [4.78, 5) is 12.4. The number of fused-ring (bicyclic) bond motifs is 2. The quantitative estimate of drug-likeness (QED) is 0.847. The van der Waals surface area contributed by atoms with E-state index in [9.17, 15) is 4.79 Å². The summed E-state index contributed by atoms with van der Waals surface area (Å²) in [5, 5.41) is 5.97. The van der Waals surface area contributed by atoms with Crippen LogP contribution >= 0.6 is 0 Å². The first kappa shape index (κ1) is 16.8. The number of urea groups is 1. The van der Waals surface area contributed by atoms with Crippen molar-refractivity contribution in [3.63, 3.8) is 0 Å². The van der Waals surface area contributed by atoms with Crippen molar-refractivity contribution in [1.29, 1.82) is 0 Å². The van der Waals surface area contributed by atoms with E-state index in [0.29, 0.717) is 17.2 Å². The van der Waals surface area contributed by atoms with Gasteiger partial charge in [0.05, 0.1) is 6.04 Å². The second-order valence-corrected chi connectivity index (χ2v) is 6.86. The Kier molecular flexibility index (Phi) is 4.69. The van der Waals surface area contributed by atoms with Gasteiger partial charge in [0.1, 0.15) is 0 Å². The van der Waals surface area contributed by atoms with Crippen LogP contribution in [0.4, 0.5) is 10.5 Å². The van der Waals surface area contributed by atoms with Gasteiger partial charge in [-0.15, -0.1) is 0 Å². The monoisotopic (exact) mass is 352 g/mol. The highest BCUT2D eigenvalue weighted by Gasteiger charge is 2.18. The Morgan fingerprint density at radius 2 is 1.85 bits per heavy atom. The van der Waals surface area contributed by atoms with Crippen LogP contribution in [0, 0.1) is 0 Å². The number of nitrogens with one attached hydrogen (secondary N) is 2. The lowest BCUT2D eigenvalue weighted by Crippen LogP contribution is -2.32. The minimum absolute atomic E-state index is 0.00348. The minimum Gasteiger partial charge on any atom is -0.454 e. The second-order valence-electron chi connectivity index (χ2n) is 6.86. The third kappa shape index (κ3) is 3.47. The maximum absolute atomic E-state index is 12.4. The molecule has 0 bridgehead atoms. The molecule has 1 heterocycles. The molecule has 136 valence electrons. The van der Waals surface area contributed by atoms with Gasteiger partial charge in [0.15, 0.2) is 11.5 Å². The third-order valence-electron chi connectivity index (χ3n) is 5.12. The number of anilines is 1. The SMILES string of the molecule is CCC(NC(=O)Nc1ccc2c(c1)OCO2)c1ccc2c(c1)CCCC2. The lowest BCUT2D eigenvalue weighted by molar-refractivity contribution is 0.174. The van der Waals surface area contributed by atoms with E-state index in [-0.39, 0.29) is 18.9 Å². The Morgan fingerprint density at radius 3 is 2.69 bits per heavy atom. The fraction of sp³-hybridized carbons (Fsp3) is 0.381. The number of benzene rings is 2. The molecule has 1 aliphatic heterocycles. The highest BCUT2D eigenvalue weighted by Crippen LogP contribution is 2.34. The van der Waals surface area contributed by atoms with Crippen LogP contribution in [0.15, 0.2) is 36.4 Å². The molecule has 0 fully saturated rings. The molecule has 0 saturated heterocycles. The Bertz CT molecular complexity index is 819. The fourth-order valence-electron chi connectivity index (χ4n) is 3.69. The molecule has 0 spiro atoms. The van der Waals surface area contributed by atoms with Crippen LogP contribution in [0.3, 0.4) is 0 Å². The third-order valence-corrected chi connectivity index (χ3v) is 5.12. The Labute approximate surface area is 153 Å². The van der Waals surface area contributed by atoms with Gasteiger partial charge >= 0.3 is 6.03 Å². The highest BCUT2D eigenvalue weighted by molar-refractivity contribution is 5.90. The number of hydrogen-bond acceptors (Lipinski definition) is 3. The van der Waals surface area contributed by atoms with Crippen molar-refractivity contribution in [3.8, 4) is 11.5 Å². The van der Waals surface area contributed by atoms with Crippen molar-refractivity contribution in [3.05, 3.63) is 53.1 Å². The lowest BCUT2D eigenvalue weighted by atomic mass is 9.89. The summed E-state index contributed by atoms with van der Waals surface area (Å²) in [6.45, 7) is 2.31. The summed E-state index contributed by atoms with van der Waals surface area (Å²) in [7, 11) is 0. The highest BCUT2D eigenvalue weighted by atomic mass is 16.7. The van der Waals surface area contributed by atoms with Gasteiger partial charge in [-0.3, -0.25) is 0 Å². The molecule has 0 radical (unpaired) electrons. The largest absolute Gasteiger partial charge is 0.454 e. The normalized spacial score (nSPS) is 15.9. The summed E-state index contributed by atoms with van der Waals surface area (Å²) < 4.78 is 10.6. The van der Waals surface area contributed by atoms with Crippen molar-refractivity contribution < 1.29 is 14.3 Å². The molecule has 0 saturated carbocycles. The van der Waals surface area contributed by atoms with Crippen molar-refractivity contribution >= 4 is 11.7 Å². The average molecular weight is 352 g/mol. The predicted molar refractivity (Wildman–Crippen MR) is 101 cm³/mol. The summed E-state index contributed by atoms with van der Waals surface area (Å²) in [6, 6.07) is 11.8. The van der Waals surface area contributed by atoms with Crippen LogP contribution in [0.1, 0.15) is 48.9 Å². The topological polar surface area (TPSA) is 59.6 Å². The van der Waals surface area contributed by atoms with Crippen LogP contribution in [0.25, 0.3) is 0 Å². The Hall–Kier alpha value is -2.69. The van der Waals surface area contributed by atoms with Crippen molar-refractivity contribution in [2.75, 3.05) is 12.1 Å². The van der Waals surface area contributed by atoms with E-state index in [4.69, 9.17) is 9.47 Å². The van der Waals surface area contributed by atoms with Gasteiger partial charge in [0.2, 0.25) is 6.79 Å². The number of ether oxygens (including phenoxy) is 2. The van der Waals surface area contributed by atoms with Crippen LogP contribution in [0.2, 0.25) is 0 Å². The van der Waals surface area contributed by atoms with E-state index < -0.39 is 0 Å². The number of rotatable bonds is 4. The van der Waals surface area contributed by atoms with Gasteiger partial charge in [-0.05, 0) is 60.9 Å². The van der Waals surface area contributed by atoms with Crippen LogP contribution in [0.5, 0.6) is 11.5 Å². The molecule has 2 aromatic rings. The number of aryl methyl sites for hydroxylation is 2. The Balaban J connectivity index is 1.43. The summed E-state index contributed by atoms with van der Waals surface area (Å²) in [5.74, 6) is 1.36. The Morgan fingerprint density at radius 1 is 1.04 bits per heavy atom. The molecule has 0 aromatic heterocycles. The minimum atomic E-state index is -0.214. The molecule has 1 unspecified atom stereocenters.